The van der Waals surface area contributed by atoms with Gasteiger partial charge < -0.3 is 35.8 Å². The molecule has 0 saturated carbocycles. The van der Waals surface area contributed by atoms with E-state index in [0.29, 0.717) is 38.8 Å². The summed E-state index contributed by atoms with van der Waals surface area (Å²) in [6.45, 7) is 4.41. The number of carboxylic acids is 1. The van der Waals surface area contributed by atoms with E-state index in [-0.39, 0.29) is 31.8 Å². The Kier molecular flexibility index (Phi) is 14.8. The number of alkyl carbamates (subject to hydrolysis) is 2. The van der Waals surface area contributed by atoms with Crippen LogP contribution in [0.15, 0.2) is 78.9 Å². The summed E-state index contributed by atoms with van der Waals surface area (Å²) in [4.78, 5) is 64.1. The van der Waals surface area contributed by atoms with Gasteiger partial charge in [-0.15, -0.1) is 0 Å². The van der Waals surface area contributed by atoms with Gasteiger partial charge in [0.25, 0.3) is 0 Å². The molecule has 272 valence electrons. The quantitative estimate of drug-likeness (QED) is 0.105. The summed E-state index contributed by atoms with van der Waals surface area (Å²) < 4.78 is 10.7. The number of carbonyl (C=O) groups excluding carboxylic acids is 4. The maximum Gasteiger partial charge on any atom is 0.407 e. The SMILES string of the molecule is CCCOC(=O)NCCCC[C@H](NC(=O)OCC1c2ccccc2-c2ccccc21)C(=O)N[C@@H](CCC)C(=O)N[C@@H](Cc1ccccc1)C(=O)O. The van der Waals surface area contributed by atoms with Crippen molar-refractivity contribution in [1.82, 2.24) is 21.3 Å². The Balaban J connectivity index is 1.41. The molecule has 0 heterocycles. The molecule has 4 rings (SSSR count). The van der Waals surface area contributed by atoms with E-state index in [0.717, 1.165) is 27.8 Å². The van der Waals surface area contributed by atoms with Crippen LogP contribution >= 0.6 is 0 Å². The number of carboxylic acid groups (broad SMARTS) is 1. The molecule has 3 atom stereocenters. The van der Waals surface area contributed by atoms with Gasteiger partial charge in [-0.25, -0.2) is 14.4 Å². The third-order valence-electron chi connectivity index (χ3n) is 8.69. The number of fused-ring (bicyclic) bond motifs is 3. The zero-order chi connectivity index (χ0) is 36.6. The Hall–Kier alpha value is -5.39. The van der Waals surface area contributed by atoms with Gasteiger partial charge in [-0.2, -0.15) is 0 Å². The Morgan fingerprint density at radius 3 is 1.86 bits per heavy atom. The second-order valence-electron chi connectivity index (χ2n) is 12.5. The predicted octanol–water partition coefficient (Wildman–Crippen LogP) is 5.30. The second-order valence-corrected chi connectivity index (χ2v) is 12.5. The third-order valence-corrected chi connectivity index (χ3v) is 8.69. The lowest BCUT2D eigenvalue weighted by Crippen LogP contribution is -2.56. The van der Waals surface area contributed by atoms with Gasteiger partial charge in [0, 0.05) is 18.9 Å². The maximum atomic E-state index is 13.7. The van der Waals surface area contributed by atoms with Crippen LogP contribution < -0.4 is 21.3 Å². The number of benzene rings is 3. The summed E-state index contributed by atoms with van der Waals surface area (Å²) in [5.74, 6) is -2.62. The van der Waals surface area contributed by atoms with Crippen molar-refractivity contribution in [1.29, 1.82) is 0 Å². The van der Waals surface area contributed by atoms with Crippen LogP contribution in [0.5, 0.6) is 0 Å². The van der Waals surface area contributed by atoms with E-state index in [4.69, 9.17) is 9.47 Å². The number of rotatable bonds is 19. The van der Waals surface area contributed by atoms with E-state index >= 15 is 0 Å². The molecule has 0 saturated heterocycles. The summed E-state index contributed by atoms with van der Waals surface area (Å²) in [5, 5.41) is 20.5. The zero-order valence-electron chi connectivity index (χ0n) is 29.2. The molecule has 0 spiro atoms. The summed E-state index contributed by atoms with van der Waals surface area (Å²) in [6, 6.07) is 21.5. The topological polar surface area (TPSA) is 172 Å². The van der Waals surface area contributed by atoms with Gasteiger partial charge in [0.15, 0.2) is 0 Å². The molecule has 51 heavy (non-hydrogen) atoms. The summed E-state index contributed by atoms with van der Waals surface area (Å²) in [6.07, 6.45) is 1.36. The molecule has 0 unspecified atom stereocenters. The molecular formula is C39H48N4O8. The molecule has 5 N–H and O–H groups in total. The zero-order valence-corrected chi connectivity index (χ0v) is 29.2. The van der Waals surface area contributed by atoms with Crippen LogP contribution in [-0.2, 0) is 30.3 Å². The summed E-state index contributed by atoms with van der Waals surface area (Å²) in [5.41, 5.74) is 5.00. The molecular weight excluding hydrogens is 652 g/mol. The van der Waals surface area contributed by atoms with Crippen molar-refractivity contribution >= 4 is 30.0 Å². The molecule has 12 nitrogen and oxygen atoms in total. The first-order valence-electron chi connectivity index (χ1n) is 17.6. The second kappa shape index (κ2) is 19.7. The number of aliphatic carboxylic acids is 1. The van der Waals surface area contributed by atoms with Crippen molar-refractivity contribution < 1.29 is 38.6 Å². The van der Waals surface area contributed by atoms with Gasteiger partial charge >= 0.3 is 18.2 Å². The highest BCUT2D eigenvalue weighted by molar-refractivity contribution is 5.93. The molecule has 4 amide bonds. The highest BCUT2D eigenvalue weighted by atomic mass is 16.6. The summed E-state index contributed by atoms with van der Waals surface area (Å²) in [7, 11) is 0. The molecule has 0 aliphatic heterocycles. The molecule has 0 bridgehead atoms. The lowest BCUT2D eigenvalue weighted by molar-refractivity contribution is -0.142. The van der Waals surface area contributed by atoms with Gasteiger partial charge in [0.2, 0.25) is 11.8 Å². The third kappa shape index (κ3) is 11.3. The normalized spacial score (nSPS) is 13.5. The van der Waals surface area contributed by atoms with Crippen molar-refractivity contribution in [2.45, 2.75) is 82.8 Å². The van der Waals surface area contributed by atoms with Crippen molar-refractivity contribution in [2.75, 3.05) is 19.8 Å². The first-order valence-corrected chi connectivity index (χ1v) is 17.6. The summed E-state index contributed by atoms with van der Waals surface area (Å²) >= 11 is 0. The van der Waals surface area contributed by atoms with Crippen molar-refractivity contribution in [2.24, 2.45) is 0 Å². The molecule has 0 radical (unpaired) electrons. The molecule has 12 heteroatoms. The van der Waals surface area contributed by atoms with Crippen LogP contribution in [0.3, 0.4) is 0 Å². The molecule has 3 aromatic carbocycles. The molecule has 1 aliphatic rings. The lowest BCUT2D eigenvalue weighted by atomic mass is 9.98. The predicted molar refractivity (Wildman–Crippen MR) is 192 cm³/mol. The fraction of sp³-hybridized carbons (Fsp3) is 0.410. The Bertz CT molecular complexity index is 1590. The van der Waals surface area contributed by atoms with E-state index in [1.807, 2.05) is 68.4 Å². The Labute approximate surface area is 298 Å². The number of carbonyl (C=O) groups is 5. The lowest BCUT2D eigenvalue weighted by Gasteiger charge is -2.24. The standard InChI is InChI=1S/C39H48N4O8/c1-3-14-32(35(44)42-34(37(46)47)24-26-15-6-5-7-16-26)41-36(45)33(21-12-13-22-40-38(48)50-23-4-2)43-39(49)51-25-31-29-19-10-8-17-27(29)28-18-9-11-20-30(28)31/h5-11,15-20,31-34H,3-4,12-14,21-25H2,1-2H3,(H,40,48)(H,41,45)(H,42,44)(H,43,49)(H,46,47)/t32-,33-,34-/m0/s1. The number of hydrogen-bond donors (Lipinski definition) is 5. The molecule has 0 fully saturated rings. The maximum absolute atomic E-state index is 13.7. The first-order chi connectivity index (χ1) is 24.7. The van der Waals surface area contributed by atoms with Gasteiger partial charge in [0.1, 0.15) is 24.7 Å². The first kappa shape index (κ1) is 38.4. The van der Waals surface area contributed by atoms with E-state index in [2.05, 4.69) is 21.3 Å². The van der Waals surface area contributed by atoms with E-state index in [1.165, 1.54) is 0 Å². The van der Waals surface area contributed by atoms with Crippen LogP contribution in [0.1, 0.15) is 75.0 Å². The van der Waals surface area contributed by atoms with Gasteiger partial charge in [-0.3, -0.25) is 9.59 Å². The van der Waals surface area contributed by atoms with Crippen LogP contribution in [0, 0.1) is 0 Å². The van der Waals surface area contributed by atoms with Crippen molar-refractivity contribution in [3.63, 3.8) is 0 Å². The molecule has 1 aliphatic carbocycles. The minimum atomic E-state index is -1.21. The van der Waals surface area contributed by atoms with Crippen molar-refractivity contribution in [3.8, 4) is 11.1 Å². The number of nitrogens with one attached hydrogen (secondary N) is 4. The minimum absolute atomic E-state index is 0.0524. The highest BCUT2D eigenvalue weighted by Crippen LogP contribution is 2.44. The van der Waals surface area contributed by atoms with Gasteiger partial charge in [-0.05, 0) is 59.9 Å². The smallest absolute Gasteiger partial charge is 0.407 e. The number of unbranched alkanes of at least 4 members (excludes halogenated alkanes) is 1. The van der Waals surface area contributed by atoms with Crippen LogP contribution in [0.4, 0.5) is 9.59 Å². The fourth-order valence-corrected chi connectivity index (χ4v) is 6.11. The van der Waals surface area contributed by atoms with Crippen molar-refractivity contribution in [3.05, 3.63) is 95.6 Å². The van der Waals surface area contributed by atoms with Gasteiger partial charge in [-0.1, -0.05) is 99.1 Å². The Morgan fingerprint density at radius 2 is 1.25 bits per heavy atom. The monoisotopic (exact) mass is 700 g/mol. The fourth-order valence-electron chi connectivity index (χ4n) is 6.11. The largest absolute Gasteiger partial charge is 0.480 e. The van der Waals surface area contributed by atoms with Crippen LogP contribution in [0.25, 0.3) is 11.1 Å². The number of hydrogen-bond acceptors (Lipinski definition) is 7. The van der Waals surface area contributed by atoms with E-state index in [9.17, 15) is 29.1 Å². The minimum Gasteiger partial charge on any atom is -0.480 e. The Morgan fingerprint density at radius 1 is 0.667 bits per heavy atom. The molecule has 0 aromatic heterocycles. The number of amides is 4. The van der Waals surface area contributed by atoms with Gasteiger partial charge in [0.05, 0.1) is 6.61 Å². The van der Waals surface area contributed by atoms with Crippen LogP contribution in [-0.4, -0.2) is 73.0 Å². The highest BCUT2D eigenvalue weighted by Gasteiger charge is 2.31. The molecule has 3 aromatic rings. The average Bonchev–Trinajstić information content (AvgIpc) is 3.45. The van der Waals surface area contributed by atoms with E-state index in [1.54, 1.807) is 24.3 Å². The average molecular weight is 701 g/mol. The van der Waals surface area contributed by atoms with E-state index < -0.39 is 48.1 Å². The number of ether oxygens (including phenoxy) is 2. The van der Waals surface area contributed by atoms with Crippen LogP contribution in [0.2, 0.25) is 0 Å².